The standard InChI is InChI=1S/C26H23BrN2O4/c1-15-4-8-21(20(27)10-15)28-26(31)22(12-18-6-9-23-24(13-18)33-14-32-23)29-25(30)19-7-5-16(2)17(3)11-19/h4-13H,14H2,1-3H3,(H,28,31)(H,29,30)/b22-12-. The number of rotatable bonds is 5. The fourth-order valence-electron chi connectivity index (χ4n) is 3.32. The normalized spacial score (nSPS) is 12.4. The van der Waals surface area contributed by atoms with Crippen LogP contribution in [0.5, 0.6) is 11.5 Å². The Morgan fingerprint density at radius 2 is 1.70 bits per heavy atom. The highest BCUT2D eigenvalue weighted by Gasteiger charge is 2.18. The van der Waals surface area contributed by atoms with E-state index in [9.17, 15) is 9.59 Å². The lowest BCUT2D eigenvalue weighted by Crippen LogP contribution is -2.31. The number of ether oxygens (including phenoxy) is 2. The molecule has 0 aliphatic carbocycles. The number of hydrogen-bond donors (Lipinski definition) is 2. The summed E-state index contributed by atoms with van der Waals surface area (Å²) in [7, 11) is 0. The van der Waals surface area contributed by atoms with E-state index in [1.54, 1.807) is 42.5 Å². The van der Waals surface area contributed by atoms with Crippen molar-refractivity contribution < 1.29 is 19.1 Å². The number of nitrogens with one attached hydrogen (secondary N) is 2. The van der Waals surface area contributed by atoms with E-state index in [0.717, 1.165) is 21.2 Å². The van der Waals surface area contributed by atoms with E-state index in [2.05, 4.69) is 26.6 Å². The highest BCUT2D eigenvalue weighted by Crippen LogP contribution is 2.33. The van der Waals surface area contributed by atoms with Gasteiger partial charge in [0.2, 0.25) is 6.79 Å². The molecule has 0 aromatic heterocycles. The molecule has 3 aromatic rings. The van der Waals surface area contributed by atoms with Crippen LogP contribution in [0.1, 0.15) is 32.6 Å². The molecule has 168 valence electrons. The Morgan fingerprint density at radius 3 is 2.45 bits per heavy atom. The Morgan fingerprint density at radius 1 is 0.909 bits per heavy atom. The number of aryl methyl sites for hydroxylation is 3. The number of fused-ring (bicyclic) bond motifs is 1. The van der Waals surface area contributed by atoms with Crippen LogP contribution in [0.15, 0.2) is 64.8 Å². The molecule has 33 heavy (non-hydrogen) atoms. The first-order chi connectivity index (χ1) is 15.8. The lowest BCUT2D eigenvalue weighted by atomic mass is 10.1. The third-order valence-corrected chi connectivity index (χ3v) is 6.00. The molecule has 0 fully saturated rings. The van der Waals surface area contributed by atoms with Gasteiger partial charge in [-0.3, -0.25) is 9.59 Å². The first kappa shape index (κ1) is 22.6. The zero-order valence-corrected chi connectivity index (χ0v) is 20.1. The van der Waals surface area contributed by atoms with Crippen LogP contribution < -0.4 is 20.1 Å². The van der Waals surface area contributed by atoms with Crippen LogP contribution in [0.25, 0.3) is 6.08 Å². The third kappa shape index (κ3) is 5.26. The summed E-state index contributed by atoms with van der Waals surface area (Å²) in [6.45, 7) is 6.04. The summed E-state index contributed by atoms with van der Waals surface area (Å²) in [5, 5.41) is 5.63. The van der Waals surface area contributed by atoms with Crippen LogP contribution in [0.3, 0.4) is 0 Å². The number of carbonyl (C=O) groups excluding carboxylic acids is 2. The van der Waals surface area contributed by atoms with Crippen LogP contribution in [-0.4, -0.2) is 18.6 Å². The largest absolute Gasteiger partial charge is 0.454 e. The molecule has 2 amide bonds. The minimum Gasteiger partial charge on any atom is -0.454 e. The van der Waals surface area contributed by atoms with Crippen molar-refractivity contribution in [2.45, 2.75) is 20.8 Å². The number of anilines is 1. The smallest absolute Gasteiger partial charge is 0.272 e. The van der Waals surface area contributed by atoms with Crippen molar-refractivity contribution in [3.8, 4) is 11.5 Å². The zero-order chi connectivity index (χ0) is 23.5. The van der Waals surface area contributed by atoms with Crippen LogP contribution >= 0.6 is 15.9 Å². The van der Waals surface area contributed by atoms with Gasteiger partial charge in [-0.1, -0.05) is 18.2 Å². The Balaban J connectivity index is 1.65. The van der Waals surface area contributed by atoms with Gasteiger partial charge in [-0.05, 0) is 101 Å². The van der Waals surface area contributed by atoms with Crippen molar-refractivity contribution in [2.24, 2.45) is 0 Å². The fourth-order valence-corrected chi connectivity index (χ4v) is 3.91. The molecular weight excluding hydrogens is 484 g/mol. The molecule has 1 aliphatic heterocycles. The van der Waals surface area contributed by atoms with E-state index in [-0.39, 0.29) is 18.4 Å². The fraction of sp³-hybridized carbons (Fsp3) is 0.154. The van der Waals surface area contributed by atoms with Gasteiger partial charge >= 0.3 is 0 Å². The maximum absolute atomic E-state index is 13.2. The van der Waals surface area contributed by atoms with Crippen LogP contribution in [-0.2, 0) is 4.79 Å². The lowest BCUT2D eigenvalue weighted by Gasteiger charge is -2.13. The van der Waals surface area contributed by atoms with Crippen LogP contribution in [0.4, 0.5) is 5.69 Å². The molecule has 0 saturated heterocycles. The van der Waals surface area contributed by atoms with Gasteiger partial charge in [0.05, 0.1) is 5.69 Å². The third-order valence-electron chi connectivity index (χ3n) is 5.34. The molecular formula is C26H23BrN2O4. The molecule has 7 heteroatoms. The average molecular weight is 507 g/mol. The molecule has 0 unspecified atom stereocenters. The lowest BCUT2D eigenvalue weighted by molar-refractivity contribution is -0.113. The van der Waals surface area contributed by atoms with Gasteiger partial charge in [-0.25, -0.2) is 0 Å². The van der Waals surface area contributed by atoms with E-state index in [1.165, 1.54) is 0 Å². The molecule has 0 radical (unpaired) electrons. The molecule has 1 heterocycles. The minimum absolute atomic E-state index is 0.101. The van der Waals surface area contributed by atoms with Crippen molar-refractivity contribution in [3.63, 3.8) is 0 Å². The number of halogens is 1. The number of benzene rings is 3. The van der Waals surface area contributed by atoms with Crippen LogP contribution in [0.2, 0.25) is 0 Å². The summed E-state index contributed by atoms with van der Waals surface area (Å²) in [4.78, 5) is 26.2. The number of amides is 2. The van der Waals surface area contributed by atoms with E-state index in [1.807, 2.05) is 39.0 Å². The average Bonchev–Trinajstić information content (AvgIpc) is 3.25. The zero-order valence-electron chi connectivity index (χ0n) is 18.5. The second kappa shape index (κ2) is 9.50. The molecule has 0 saturated carbocycles. The molecule has 3 aromatic carbocycles. The maximum Gasteiger partial charge on any atom is 0.272 e. The highest BCUT2D eigenvalue weighted by atomic mass is 79.9. The van der Waals surface area contributed by atoms with Crippen molar-refractivity contribution in [2.75, 3.05) is 12.1 Å². The maximum atomic E-state index is 13.2. The Hall–Kier alpha value is -3.58. The van der Waals surface area contributed by atoms with Gasteiger partial charge in [0, 0.05) is 10.0 Å². The van der Waals surface area contributed by atoms with Crippen molar-refractivity contribution in [1.82, 2.24) is 5.32 Å². The number of hydrogen-bond acceptors (Lipinski definition) is 4. The highest BCUT2D eigenvalue weighted by molar-refractivity contribution is 9.10. The van der Waals surface area contributed by atoms with Gasteiger partial charge in [0.25, 0.3) is 11.8 Å². The quantitative estimate of drug-likeness (QED) is 0.447. The summed E-state index contributed by atoms with van der Waals surface area (Å²) in [6, 6.07) is 16.4. The second-order valence-electron chi connectivity index (χ2n) is 7.86. The Bertz CT molecular complexity index is 1280. The molecule has 0 bridgehead atoms. The first-order valence-electron chi connectivity index (χ1n) is 10.4. The van der Waals surface area contributed by atoms with Crippen molar-refractivity contribution >= 4 is 39.5 Å². The molecule has 0 atom stereocenters. The first-order valence-corrected chi connectivity index (χ1v) is 11.2. The summed E-state index contributed by atoms with van der Waals surface area (Å²) >= 11 is 3.48. The predicted molar refractivity (Wildman–Crippen MR) is 131 cm³/mol. The summed E-state index contributed by atoms with van der Waals surface area (Å²) in [6.07, 6.45) is 1.61. The summed E-state index contributed by atoms with van der Waals surface area (Å²) < 4.78 is 11.5. The summed E-state index contributed by atoms with van der Waals surface area (Å²) in [5.74, 6) is 0.406. The van der Waals surface area contributed by atoms with Gasteiger partial charge < -0.3 is 20.1 Å². The van der Waals surface area contributed by atoms with Crippen molar-refractivity contribution in [1.29, 1.82) is 0 Å². The van der Waals surface area contributed by atoms with Crippen LogP contribution in [0, 0.1) is 20.8 Å². The summed E-state index contributed by atoms with van der Waals surface area (Å²) in [5.41, 5.74) is 5.00. The monoisotopic (exact) mass is 506 g/mol. The van der Waals surface area contributed by atoms with E-state index < -0.39 is 5.91 Å². The second-order valence-corrected chi connectivity index (χ2v) is 8.72. The van der Waals surface area contributed by atoms with Gasteiger partial charge in [0.1, 0.15) is 5.70 Å². The Labute approximate surface area is 200 Å². The van der Waals surface area contributed by atoms with E-state index >= 15 is 0 Å². The topological polar surface area (TPSA) is 76.7 Å². The molecule has 0 spiro atoms. The predicted octanol–water partition coefficient (Wildman–Crippen LogP) is 5.51. The van der Waals surface area contributed by atoms with Gasteiger partial charge in [0.15, 0.2) is 11.5 Å². The molecule has 1 aliphatic rings. The SMILES string of the molecule is Cc1ccc(NC(=O)/C(=C/c2ccc3c(c2)OCO3)NC(=O)c2ccc(C)c(C)c2)c(Br)c1. The molecule has 4 rings (SSSR count). The molecule has 2 N–H and O–H groups in total. The number of carbonyl (C=O) groups is 2. The van der Waals surface area contributed by atoms with E-state index in [4.69, 9.17) is 9.47 Å². The van der Waals surface area contributed by atoms with Gasteiger partial charge in [-0.15, -0.1) is 0 Å². The van der Waals surface area contributed by atoms with Gasteiger partial charge in [-0.2, -0.15) is 0 Å². The molecule has 6 nitrogen and oxygen atoms in total. The van der Waals surface area contributed by atoms with E-state index in [0.29, 0.717) is 28.3 Å². The van der Waals surface area contributed by atoms with Crippen molar-refractivity contribution in [3.05, 3.63) is 92.6 Å². The Kier molecular flexibility index (Phi) is 6.51. The minimum atomic E-state index is -0.450.